The van der Waals surface area contributed by atoms with Crippen molar-refractivity contribution in [3.63, 3.8) is 0 Å². The summed E-state index contributed by atoms with van der Waals surface area (Å²) >= 11 is 0. The Hall–Kier alpha value is -2.86. The zero-order valence-corrected chi connectivity index (χ0v) is 19.2. The highest BCUT2D eigenvalue weighted by atomic mass is 16.5. The number of benzene rings is 2. The molecule has 2 aromatic rings. The maximum atomic E-state index is 12.6. The van der Waals surface area contributed by atoms with Gasteiger partial charge in [-0.2, -0.15) is 0 Å². The SMILES string of the molecule is COc1ccc(C(CC(=O)NCc2ccc(CN3CCCCCC3)cc2)NC(C)=O)cc1. The number of methoxy groups -OCH3 is 1. The van der Waals surface area contributed by atoms with Gasteiger partial charge in [0.1, 0.15) is 5.75 Å². The van der Waals surface area contributed by atoms with Gasteiger partial charge in [-0.3, -0.25) is 14.5 Å². The van der Waals surface area contributed by atoms with Gasteiger partial charge in [0.25, 0.3) is 0 Å². The van der Waals surface area contributed by atoms with Gasteiger partial charge in [0.15, 0.2) is 0 Å². The molecule has 6 heteroatoms. The second-order valence-corrected chi connectivity index (χ2v) is 8.51. The second kappa shape index (κ2) is 12.2. The molecule has 0 saturated carbocycles. The van der Waals surface area contributed by atoms with E-state index in [1.807, 2.05) is 24.3 Å². The average molecular weight is 438 g/mol. The van der Waals surface area contributed by atoms with E-state index in [1.54, 1.807) is 7.11 Å². The Balaban J connectivity index is 1.51. The van der Waals surface area contributed by atoms with Gasteiger partial charge in [-0.15, -0.1) is 0 Å². The monoisotopic (exact) mass is 437 g/mol. The van der Waals surface area contributed by atoms with Crippen molar-refractivity contribution in [2.45, 2.75) is 58.2 Å². The summed E-state index contributed by atoms with van der Waals surface area (Å²) in [5.41, 5.74) is 3.25. The molecule has 0 aliphatic carbocycles. The van der Waals surface area contributed by atoms with E-state index < -0.39 is 0 Å². The summed E-state index contributed by atoms with van der Waals surface area (Å²) in [7, 11) is 1.61. The molecule has 1 atom stereocenters. The van der Waals surface area contributed by atoms with Crippen molar-refractivity contribution in [3.05, 3.63) is 65.2 Å². The van der Waals surface area contributed by atoms with E-state index in [0.717, 1.165) is 23.4 Å². The largest absolute Gasteiger partial charge is 0.497 e. The van der Waals surface area contributed by atoms with Gasteiger partial charge in [-0.05, 0) is 54.8 Å². The molecule has 1 heterocycles. The first-order chi connectivity index (χ1) is 15.5. The van der Waals surface area contributed by atoms with Crippen LogP contribution in [0.3, 0.4) is 0 Å². The number of amides is 2. The fourth-order valence-electron chi connectivity index (χ4n) is 4.11. The van der Waals surface area contributed by atoms with Crippen LogP contribution in [-0.2, 0) is 22.7 Å². The molecule has 0 spiro atoms. The van der Waals surface area contributed by atoms with Crippen LogP contribution in [0.15, 0.2) is 48.5 Å². The molecule has 3 rings (SSSR count). The zero-order valence-electron chi connectivity index (χ0n) is 19.2. The highest BCUT2D eigenvalue weighted by molar-refractivity contribution is 5.79. The lowest BCUT2D eigenvalue weighted by molar-refractivity contribution is -0.122. The van der Waals surface area contributed by atoms with Crippen LogP contribution in [0.4, 0.5) is 0 Å². The number of hydrogen-bond acceptors (Lipinski definition) is 4. The Morgan fingerprint density at radius 1 is 0.938 bits per heavy atom. The van der Waals surface area contributed by atoms with Crippen LogP contribution in [0.2, 0.25) is 0 Å². The van der Waals surface area contributed by atoms with E-state index in [4.69, 9.17) is 4.74 Å². The van der Waals surface area contributed by atoms with Crippen molar-refractivity contribution in [1.82, 2.24) is 15.5 Å². The van der Waals surface area contributed by atoms with Crippen LogP contribution >= 0.6 is 0 Å². The number of rotatable bonds is 9. The standard InChI is InChI=1S/C26H35N3O3/c1-20(30)28-25(23-11-13-24(32-2)14-12-23)17-26(31)27-18-21-7-9-22(10-8-21)19-29-15-5-3-4-6-16-29/h7-14,25H,3-6,15-19H2,1-2H3,(H,27,31)(H,28,30). The minimum Gasteiger partial charge on any atom is -0.497 e. The van der Waals surface area contributed by atoms with Gasteiger partial charge in [0, 0.05) is 20.0 Å². The molecule has 1 fully saturated rings. The van der Waals surface area contributed by atoms with Crippen molar-refractivity contribution in [2.24, 2.45) is 0 Å². The van der Waals surface area contributed by atoms with Crippen molar-refractivity contribution < 1.29 is 14.3 Å². The Bertz CT molecular complexity index is 857. The Morgan fingerprint density at radius 2 is 1.56 bits per heavy atom. The molecule has 1 aliphatic heterocycles. The minimum absolute atomic E-state index is 0.104. The zero-order chi connectivity index (χ0) is 22.8. The smallest absolute Gasteiger partial charge is 0.222 e. The number of nitrogens with zero attached hydrogens (tertiary/aromatic N) is 1. The number of hydrogen-bond donors (Lipinski definition) is 2. The Labute approximate surface area is 191 Å². The van der Waals surface area contributed by atoms with E-state index in [0.29, 0.717) is 6.54 Å². The summed E-state index contributed by atoms with van der Waals surface area (Å²) in [6, 6.07) is 15.5. The summed E-state index contributed by atoms with van der Waals surface area (Å²) in [5.74, 6) is 0.464. The maximum absolute atomic E-state index is 12.6. The second-order valence-electron chi connectivity index (χ2n) is 8.51. The van der Waals surface area contributed by atoms with E-state index in [1.165, 1.54) is 51.3 Å². The summed E-state index contributed by atoms with van der Waals surface area (Å²) in [4.78, 5) is 26.7. The van der Waals surface area contributed by atoms with Crippen LogP contribution in [-0.4, -0.2) is 36.9 Å². The minimum atomic E-state index is -0.380. The molecule has 2 aromatic carbocycles. The molecular formula is C26H35N3O3. The molecular weight excluding hydrogens is 402 g/mol. The fourth-order valence-corrected chi connectivity index (χ4v) is 4.11. The maximum Gasteiger partial charge on any atom is 0.222 e. The molecule has 0 radical (unpaired) electrons. The van der Waals surface area contributed by atoms with Crippen molar-refractivity contribution >= 4 is 11.8 Å². The van der Waals surface area contributed by atoms with Gasteiger partial charge in [-0.1, -0.05) is 49.2 Å². The lowest BCUT2D eigenvalue weighted by Crippen LogP contribution is -2.32. The summed E-state index contributed by atoms with van der Waals surface area (Å²) in [6.07, 6.45) is 5.45. The van der Waals surface area contributed by atoms with Crippen LogP contribution in [0.5, 0.6) is 5.75 Å². The highest BCUT2D eigenvalue weighted by Crippen LogP contribution is 2.20. The summed E-state index contributed by atoms with van der Waals surface area (Å²) in [6.45, 7) is 5.29. The van der Waals surface area contributed by atoms with Crippen molar-refractivity contribution in [3.8, 4) is 5.75 Å². The predicted molar refractivity (Wildman–Crippen MR) is 126 cm³/mol. The molecule has 0 bridgehead atoms. The highest BCUT2D eigenvalue weighted by Gasteiger charge is 2.17. The molecule has 32 heavy (non-hydrogen) atoms. The molecule has 0 aromatic heterocycles. The number of carbonyl (C=O) groups excluding carboxylic acids is 2. The topological polar surface area (TPSA) is 70.7 Å². The van der Waals surface area contributed by atoms with Gasteiger partial charge in [0.2, 0.25) is 11.8 Å². The normalized spacial score (nSPS) is 15.4. The van der Waals surface area contributed by atoms with Gasteiger partial charge < -0.3 is 15.4 Å². The van der Waals surface area contributed by atoms with E-state index in [2.05, 4.69) is 39.8 Å². The van der Waals surface area contributed by atoms with Crippen molar-refractivity contribution in [2.75, 3.05) is 20.2 Å². The number of nitrogens with one attached hydrogen (secondary N) is 2. The van der Waals surface area contributed by atoms with Crippen LogP contribution in [0.1, 0.15) is 61.8 Å². The lowest BCUT2D eigenvalue weighted by atomic mass is 10.0. The van der Waals surface area contributed by atoms with Crippen LogP contribution in [0, 0.1) is 0 Å². The first-order valence-corrected chi connectivity index (χ1v) is 11.5. The lowest BCUT2D eigenvalue weighted by Gasteiger charge is -2.20. The molecule has 1 aliphatic rings. The summed E-state index contributed by atoms with van der Waals surface area (Å²) < 4.78 is 5.19. The average Bonchev–Trinajstić information content (AvgIpc) is 3.06. The first-order valence-electron chi connectivity index (χ1n) is 11.5. The Kier molecular flexibility index (Phi) is 9.11. The molecule has 172 valence electrons. The molecule has 2 amide bonds. The summed E-state index contributed by atoms with van der Waals surface area (Å²) in [5, 5.41) is 5.85. The first kappa shape index (κ1) is 23.8. The third-order valence-electron chi connectivity index (χ3n) is 5.90. The number of likely N-dealkylation sites (tertiary alicyclic amines) is 1. The predicted octanol–water partition coefficient (Wildman–Crippen LogP) is 3.95. The van der Waals surface area contributed by atoms with Gasteiger partial charge in [0.05, 0.1) is 19.6 Å². The molecule has 1 unspecified atom stereocenters. The molecule has 2 N–H and O–H groups in total. The third-order valence-corrected chi connectivity index (χ3v) is 5.90. The van der Waals surface area contributed by atoms with Gasteiger partial charge in [-0.25, -0.2) is 0 Å². The van der Waals surface area contributed by atoms with Crippen molar-refractivity contribution in [1.29, 1.82) is 0 Å². The number of ether oxygens (including phenoxy) is 1. The number of carbonyl (C=O) groups is 2. The van der Waals surface area contributed by atoms with Gasteiger partial charge >= 0.3 is 0 Å². The molecule has 1 saturated heterocycles. The Morgan fingerprint density at radius 3 is 2.16 bits per heavy atom. The quantitative estimate of drug-likeness (QED) is 0.623. The molecule has 6 nitrogen and oxygen atoms in total. The van der Waals surface area contributed by atoms with E-state index in [-0.39, 0.29) is 24.3 Å². The van der Waals surface area contributed by atoms with Crippen LogP contribution < -0.4 is 15.4 Å². The van der Waals surface area contributed by atoms with Crippen LogP contribution in [0.25, 0.3) is 0 Å². The fraction of sp³-hybridized carbons (Fsp3) is 0.462. The third kappa shape index (κ3) is 7.68. The van der Waals surface area contributed by atoms with E-state index >= 15 is 0 Å². The van der Waals surface area contributed by atoms with E-state index in [9.17, 15) is 9.59 Å².